The highest BCUT2D eigenvalue weighted by atomic mass is 16.5. The minimum absolute atomic E-state index is 0.468. The molecule has 0 spiro atoms. The van der Waals surface area contributed by atoms with Crippen molar-refractivity contribution in [2.45, 2.75) is 37.1 Å². The Labute approximate surface area is 302 Å². The maximum Gasteiger partial charge on any atom is 0.152 e. The summed E-state index contributed by atoms with van der Waals surface area (Å²) in [5.74, 6) is 4.76. The van der Waals surface area contributed by atoms with Crippen LogP contribution in [0.4, 0.5) is 11.4 Å². The molecule has 0 saturated heterocycles. The number of nitrogens with zero attached hydrogens (tertiary/aromatic N) is 2. The van der Waals surface area contributed by atoms with Gasteiger partial charge in [-0.15, -0.1) is 0 Å². The Morgan fingerprint density at radius 3 is 2.06 bits per heavy atom. The van der Waals surface area contributed by atoms with Gasteiger partial charge in [-0.2, -0.15) is 0 Å². The third-order valence-corrected chi connectivity index (χ3v) is 12.1. The first-order valence-electron chi connectivity index (χ1n) is 18.5. The van der Waals surface area contributed by atoms with Crippen LogP contribution < -0.4 is 14.4 Å². The SMILES string of the molecule is c1cc(-c2cccc(C3CCC4C(C3)c3cccc5c3N4c3ccccc3O5)c2)cc(-c2ccc3c(c2)c2cccc4c2n3-c2ccccc2O4)c1. The molecule has 0 amide bonds. The number of aromatic nitrogens is 1. The first-order chi connectivity index (χ1) is 25.8. The maximum absolute atomic E-state index is 6.41. The molecule has 4 nitrogen and oxygen atoms in total. The number of para-hydroxylation sites is 6. The van der Waals surface area contributed by atoms with Crippen LogP contribution in [0, 0.1) is 0 Å². The van der Waals surface area contributed by atoms with E-state index in [9.17, 15) is 0 Å². The van der Waals surface area contributed by atoms with Crippen molar-refractivity contribution in [3.8, 4) is 50.9 Å². The van der Waals surface area contributed by atoms with Crippen molar-refractivity contribution in [1.82, 2.24) is 4.57 Å². The zero-order valence-corrected chi connectivity index (χ0v) is 28.5. The van der Waals surface area contributed by atoms with Crippen LogP contribution in [0.5, 0.6) is 23.0 Å². The van der Waals surface area contributed by atoms with Gasteiger partial charge in [-0.3, -0.25) is 0 Å². The molecule has 8 aromatic rings. The quantitative estimate of drug-likeness (QED) is 0.187. The molecule has 7 aromatic carbocycles. The molecule has 4 heteroatoms. The van der Waals surface area contributed by atoms with Crippen molar-refractivity contribution < 1.29 is 9.47 Å². The average molecular weight is 671 g/mol. The number of benzene rings is 7. The lowest BCUT2D eigenvalue weighted by Gasteiger charge is -2.39. The van der Waals surface area contributed by atoms with E-state index in [1.807, 2.05) is 12.1 Å². The second-order valence-corrected chi connectivity index (χ2v) is 14.8. The number of hydrogen-bond acceptors (Lipinski definition) is 3. The number of ether oxygens (including phenoxy) is 2. The highest BCUT2D eigenvalue weighted by Crippen LogP contribution is 2.60. The maximum atomic E-state index is 6.41. The Morgan fingerprint density at radius 1 is 0.500 bits per heavy atom. The van der Waals surface area contributed by atoms with Crippen molar-refractivity contribution in [2.75, 3.05) is 4.90 Å². The highest BCUT2D eigenvalue weighted by molar-refractivity contribution is 6.13. The molecule has 3 atom stereocenters. The Bertz CT molecular complexity index is 2780. The summed E-state index contributed by atoms with van der Waals surface area (Å²) < 4.78 is 15.1. The zero-order valence-electron chi connectivity index (χ0n) is 28.5. The highest BCUT2D eigenvalue weighted by Gasteiger charge is 2.46. The molecule has 3 unspecified atom stereocenters. The van der Waals surface area contributed by atoms with E-state index >= 15 is 0 Å². The van der Waals surface area contributed by atoms with E-state index in [-0.39, 0.29) is 0 Å². The molecule has 3 aliphatic heterocycles. The Hall–Kier alpha value is -6.26. The van der Waals surface area contributed by atoms with Crippen LogP contribution in [0.2, 0.25) is 0 Å². The molecule has 0 bridgehead atoms. The molecule has 12 rings (SSSR count). The second kappa shape index (κ2) is 10.6. The fourth-order valence-electron chi connectivity index (χ4n) is 9.85. The molecule has 4 heterocycles. The van der Waals surface area contributed by atoms with Crippen LogP contribution in [0.1, 0.15) is 42.2 Å². The molecule has 1 fully saturated rings. The molecule has 1 aliphatic carbocycles. The van der Waals surface area contributed by atoms with E-state index in [2.05, 4.69) is 149 Å². The van der Waals surface area contributed by atoms with Crippen molar-refractivity contribution in [2.24, 2.45) is 0 Å². The minimum Gasteiger partial charge on any atom is -0.453 e. The number of rotatable bonds is 3. The summed E-state index contributed by atoms with van der Waals surface area (Å²) in [6, 6.07) is 55.6. The fourth-order valence-corrected chi connectivity index (χ4v) is 9.85. The number of hydrogen-bond donors (Lipinski definition) is 0. The molecule has 4 aliphatic rings. The standard InChI is InChI=1S/C48H34N2O2/c1-3-17-43-41(15-1)49-39-23-21-33(27-37(39)35-13-7-19-45(51-43)47(35)49)31-11-5-9-29(25-31)30-10-6-12-32(26-30)34-22-24-40-38(28-34)36-14-8-20-46-48(36)50(40)42-16-2-4-18-44(42)52-46/h1-21,23,25-27,34,38,40H,22,24,28H2. The van der Waals surface area contributed by atoms with Crippen molar-refractivity contribution in [1.29, 1.82) is 0 Å². The number of anilines is 2. The van der Waals surface area contributed by atoms with E-state index < -0.39 is 0 Å². The van der Waals surface area contributed by atoms with Crippen LogP contribution in [0.3, 0.4) is 0 Å². The van der Waals surface area contributed by atoms with Crippen LogP contribution in [-0.4, -0.2) is 10.6 Å². The van der Waals surface area contributed by atoms with Gasteiger partial charge in [-0.1, -0.05) is 97.1 Å². The molecule has 1 saturated carbocycles. The second-order valence-electron chi connectivity index (χ2n) is 14.8. The van der Waals surface area contributed by atoms with E-state index in [4.69, 9.17) is 9.47 Å². The summed E-state index contributed by atoms with van der Waals surface area (Å²) in [5, 5.41) is 2.45. The molecular weight excluding hydrogens is 637 g/mol. The molecule has 248 valence electrons. The van der Waals surface area contributed by atoms with Crippen molar-refractivity contribution >= 4 is 33.2 Å². The normalized spacial score (nSPS) is 19.0. The monoisotopic (exact) mass is 670 g/mol. The molecule has 1 aromatic heterocycles. The van der Waals surface area contributed by atoms with Crippen LogP contribution in [0.25, 0.3) is 49.7 Å². The van der Waals surface area contributed by atoms with Gasteiger partial charge in [-0.25, -0.2) is 0 Å². The zero-order chi connectivity index (χ0) is 33.9. The lowest BCUT2D eigenvalue weighted by atomic mass is 9.73. The summed E-state index contributed by atoms with van der Waals surface area (Å²) in [7, 11) is 0. The third kappa shape index (κ3) is 3.98. The Morgan fingerprint density at radius 2 is 1.17 bits per heavy atom. The lowest BCUT2D eigenvalue weighted by Crippen LogP contribution is -2.35. The minimum atomic E-state index is 0.468. The molecule has 52 heavy (non-hydrogen) atoms. The van der Waals surface area contributed by atoms with E-state index in [0.717, 1.165) is 47.0 Å². The smallest absolute Gasteiger partial charge is 0.152 e. The van der Waals surface area contributed by atoms with Gasteiger partial charge in [0.15, 0.2) is 23.0 Å². The summed E-state index contributed by atoms with van der Waals surface area (Å²) in [6.45, 7) is 0. The third-order valence-electron chi connectivity index (χ3n) is 12.1. The van der Waals surface area contributed by atoms with Crippen molar-refractivity contribution in [3.05, 3.63) is 163 Å². The summed E-state index contributed by atoms with van der Waals surface area (Å²) in [5.41, 5.74) is 13.8. The summed E-state index contributed by atoms with van der Waals surface area (Å²) >= 11 is 0. The first-order valence-corrected chi connectivity index (χ1v) is 18.5. The average Bonchev–Trinajstić information content (AvgIpc) is 3.73. The first kappa shape index (κ1) is 28.4. The van der Waals surface area contributed by atoms with Gasteiger partial charge in [0.25, 0.3) is 0 Å². The van der Waals surface area contributed by atoms with Gasteiger partial charge in [0.05, 0.1) is 28.1 Å². The van der Waals surface area contributed by atoms with Gasteiger partial charge in [-0.05, 0) is 113 Å². The van der Waals surface area contributed by atoms with Gasteiger partial charge >= 0.3 is 0 Å². The fraction of sp³-hybridized carbons (Fsp3) is 0.125. The summed E-state index contributed by atoms with van der Waals surface area (Å²) in [4.78, 5) is 2.60. The predicted molar refractivity (Wildman–Crippen MR) is 210 cm³/mol. The van der Waals surface area contributed by atoms with E-state index in [1.54, 1.807) is 0 Å². The predicted octanol–water partition coefficient (Wildman–Crippen LogP) is 12.9. The van der Waals surface area contributed by atoms with Gasteiger partial charge < -0.3 is 18.9 Å². The van der Waals surface area contributed by atoms with Crippen LogP contribution in [-0.2, 0) is 0 Å². The largest absolute Gasteiger partial charge is 0.453 e. The van der Waals surface area contributed by atoms with Gasteiger partial charge in [0.1, 0.15) is 0 Å². The lowest BCUT2D eigenvalue weighted by molar-refractivity contribution is 0.358. The number of fused-ring (bicyclic) bond motifs is 10. The molecular formula is C48H34N2O2. The summed E-state index contributed by atoms with van der Waals surface area (Å²) in [6.07, 6.45) is 3.49. The molecule has 0 N–H and O–H groups in total. The topological polar surface area (TPSA) is 26.6 Å². The van der Waals surface area contributed by atoms with Crippen LogP contribution >= 0.6 is 0 Å². The molecule has 0 radical (unpaired) electrons. The van der Waals surface area contributed by atoms with Gasteiger partial charge in [0.2, 0.25) is 0 Å². The van der Waals surface area contributed by atoms with Crippen LogP contribution in [0.15, 0.2) is 152 Å². The van der Waals surface area contributed by atoms with Crippen molar-refractivity contribution in [3.63, 3.8) is 0 Å². The van der Waals surface area contributed by atoms with E-state index in [1.165, 1.54) is 67.5 Å². The Kier molecular flexibility index (Phi) is 5.81. The van der Waals surface area contributed by atoms with E-state index in [0.29, 0.717) is 17.9 Å². The Balaban J connectivity index is 0.879. The van der Waals surface area contributed by atoms with Gasteiger partial charge in [0, 0.05) is 22.7 Å².